The number of imidazole rings is 1. The van der Waals surface area contributed by atoms with Crippen molar-refractivity contribution in [1.82, 2.24) is 57.1 Å². The highest BCUT2D eigenvalue weighted by Gasteiger charge is 2.37. The molecule has 24 nitrogen and oxygen atoms in total. The summed E-state index contributed by atoms with van der Waals surface area (Å²) in [6, 6.07) is 6.50. The summed E-state index contributed by atoms with van der Waals surface area (Å²) in [7, 11) is 0. The zero-order chi connectivity index (χ0) is 57.9. The van der Waals surface area contributed by atoms with Crippen molar-refractivity contribution in [2.75, 3.05) is 18.7 Å². The number of aromatic nitrogens is 3. The first-order valence-electron chi connectivity index (χ1n) is 25.6. The molecular weight excluding hydrogens is 1020 g/mol. The van der Waals surface area contributed by atoms with Crippen LogP contribution in [0.3, 0.4) is 0 Å². The summed E-state index contributed by atoms with van der Waals surface area (Å²) in [4.78, 5) is 146. The summed E-state index contributed by atoms with van der Waals surface area (Å²) in [6.45, 7) is 10.9. The molecule has 15 N–H and O–H groups in total. The number of H-pyrrole nitrogens is 2. The van der Waals surface area contributed by atoms with Crippen molar-refractivity contribution in [3.05, 3.63) is 90.1 Å². The van der Waals surface area contributed by atoms with E-state index in [0.29, 0.717) is 11.3 Å². The topological polar surface area (TPSA) is 381 Å². The van der Waals surface area contributed by atoms with Crippen molar-refractivity contribution in [3.63, 3.8) is 0 Å². The third-order valence-corrected chi connectivity index (χ3v) is 13.2. The predicted octanol–water partition coefficient (Wildman–Crippen LogP) is -0.328. The molecule has 0 saturated heterocycles. The van der Waals surface area contributed by atoms with E-state index < -0.39 is 119 Å². The van der Waals surface area contributed by atoms with Gasteiger partial charge in [0.05, 0.1) is 24.8 Å². The number of primary amides is 2. The standard InChI is InChI=1S/C53H76N14O10S/c1-29(2)20-41(52(77)67(28-78-8)31(4)45(56)70)65-50(75)40(23-34-25-57-27-60-34)62-43(69)26-59-51(76)44(53(5,6)7)66-46(71)30(3)61-49(74)39(22-33-24-58-37-17-13-12-16-35(33)37)64-48(73)38(18-19-42(55)68)63-47(72)36(54)21-32-14-10-9-11-15-32/h9-17,24-25,27,29-31,36,38-41,44,58H,18-23,26,28,54H2,1-8H3,(H2,55,68)(H2,56,70)(H,57,60)(H,59,76)(H,61,74)(H,62,69)(H,63,72)(H,64,73)(H,65,75)(H,66,71)/t30-,31-,36+,38-,39-,40-,41-,44+/m0/s1. The van der Waals surface area contributed by atoms with Crippen LogP contribution >= 0.6 is 11.8 Å². The number of fused-ring (bicyclic) bond motifs is 1. The normalized spacial score (nSPS) is 14.5. The lowest BCUT2D eigenvalue weighted by atomic mass is 9.86. The Balaban J connectivity index is 1.48. The molecule has 2 aromatic heterocycles. The van der Waals surface area contributed by atoms with Crippen molar-refractivity contribution in [3.8, 4) is 0 Å². The number of carbonyl (C=O) groups excluding carboxylic acids is 10. The monoisotopic (exact) mass is 1100 g/mol. The van der Waals surface area contributed by atoms with Gasteiger partial charge in [-0.3, -0.25) is 47.9 Å². The molecular formula is C53H76N14O10S. The fourth-order valence-corrected chi connectivity index (χ4v) is 8.91. The maximum absolute atomic E-state index is 14.3. The van der Waals surface area contributed by atoms with Crippen LogP contribution in [-0.2, 0) is 67.2 Å². The van der Waals surface area contributed by atoms with Gasteiger partial charge in [0.2, 0.25) is 59.1 Å². The van der Waals surface area contributed by atoms with Crippen LogP contribution in [0.25, 0.3) is 10.9 Å². The Labute approximate surface area is 457 Å². The van der Waals surface area contributed by atoms with Gasteiger partial charge < -0.3 is 69.3 Å². The minimum atomic E-state index is -1.36. The molecule has 0 spiro atoms. The number of rotatable bonds is 30. The third-order valence-electron chi connectivity index (χ3n) is 12.7. The number of nitrogens with two attached hydrogens (primary N) is 3. The van der Waals surface area contributed by atoms with Gasteiger partial charge in [0.15, 0.2) is 0 Å². The van der Waals surface area contributed by atoms with Gasteiger partial charge in [-0.1, -0.05) is 83.1 Å². The Hall–Kier alpha value is -7.80. The molecule has 10 amide bonds. The molecule has 0 aliphatic carbocycles. The molecule has 0 aliphatic heterocycles. The molecule has 4 rings (SSSR count). The van der Waals surface area contributed by atoms with Crippen molar-refractivity contribution < 1.29 is 47.9 Å². The van der Waals surface area contributed by atoms with Gasteiger partial charge in [0, 0.05) is 48.3 Å². The molecule has 0 fully saturated rings. The lowest BCUT2D eigenvalue weighted by molar-refractivity contribution is -0.141. The minimum absolute atomic E-state index is 0.0795. The minimum Gasteiger partial charge on any atom is -0.370 e. The van der Waals surface area contributed by atoms with E-state index in [4.69, 9.17) is 17.2 Å². The van der Waals surface area contributed by atoms with Crippen molar-refractivity contribution in [1.29, 1.82) is 0 Å². The molecule has 0 saturated carbocycles. The van der Waals surface area contributed by atoms with Crippen molar-refractivity contribution in [2.24, 2.45) is 28.5 Å². The lowest BCUT2D eigenvalue weighted by Gasteiger charge is -2.32. The quantitative estimate of drug-likeness (QED) is 0.0298. The highest BCUT2D eigenvalue weighted by Crippen LogP contribution is 2.22. The van der Waals surface area contributed by atoms with Crippen molar-refractivity contribution >= 4 is 81.7 Å². The molecule has 0 bridgehead atoms. The van der Waals surface area contributed by atoms with Crippen LogP contribution in [0.5, 0.6) is 0 Å². The summed E-state index contributed by atoms with van der Waals surface area (Å²) >= 11 is 1.29. The zero-order valence-corrected chi connectivity index (χ0v) is 46.2. The average molecular weight is 1100 g/mol. The van der Waals surface area contributed by atoms with E-state index in [1.54, 1.807) is 63.6 Å². The molecule has 2 aromatic carbocycles. The molecule has 78 heavy (non-hydrogen) atoms. The molecule has 0 aliphatic rings. The van der Waals surface area contributed by atoms with Gasteiger partial charge in [-0.2, -0.15) is 0 Å². The van der Waals surface area contributed by atoms with E-state index >= 15 is 0 Å². The van der Waals surface area contributed by atoms with Crippen LogP contribution in [0.1, 0.15) is 84.5 Å². The number of nitrogens with zero attached hydrogens (tertiary/aromatic N) is 2. The SMILES string of the molecule is CSCN(C(=O)[C@H](CC(C)C)NC(=O)[C@H](Cc1cnc[nH]1)NC(=O)CNC(=O)[C@@H](NC(=O)[C@H](C)NC(=O)[C@H](Cc1c[nH]c2ccccc12)NC(=O)[C@H](CCC(N)=O)NC(=O)[C@H](N)Cc1ccccc1)C(C)(C)C)[C@@H](C)C(N)=O. The van der Waals surface area contributed by atoms with Gasteiger partial charge in [0.25, 0.3) is 0 Å². The third kappa shape index (κ3) is 19.3. The number of hydrogen-bond donors (Lipinski definition) is 12. The van der Waals surface area contributed by atoms with E-state index in [1.165, 1.54) is 43.0 Å². The van der Waals surface area contributed by atoms with Crippen LogP contribution in [-0.4, -0.2) is 146 Å². The predicted molar refractivity (Wildman–Crippen MR) is 294 cm³/mol. The average Bonchev–Trinajstić information content (AvgIpc) is 4.06. The number of nitrogens with one attached hydrogen (secondary N) is 9. The van der Waals surface area contributed by atoms with E-state index in [-0.39, 0.29) is 50.3 Å². The summed E-state index contributed by atoms with van der Waals surface area (Å²) in [5.74, 6) is -7.39. The number of hydrogen-bond acceptors (Lipinski definition) is 13. The molecule has 424 valence electrons. The van der Waals surface area contributed by atoms with E-state index in [2.05, 4.69) is 52.2 Å². The summed E-state index contributed by atoms with van der Waals surface area (Å²) in [5.41, 5.74) is 18.9. The van der Waals surface area contributed by atoms with Crippen molar-refractivity contribution in [2.45, 2.75) is 135 Å². The largest absolute Gasteiger partial charge is 0.370 e. The summed E-state index contributed by atoms with van der Waals surface area (Å²) < 4.78 is 0. The molecule has 2 heterocycles. The van der Waals surface area contributed by atoms with Crippen LogP contribution in [0.15, 0.2) is 73.3 Å². The van der Waals surface area contributed by atoms with Gasteiger partial charge in [-0.05, 0) is 67.9 Å². The fraction of sp³-hybridized carbons (Fsp3) is 0.491. The highest BCUT2D eigenvalue weighted by molar-refractivity contribution is 7.98. The van der Waals surface area contributed by atoms with Gasteiger partial charge >= 0.3 is 0 Å². The number of benzene rings is 2. The molecule has 8 atom stereocenters. The molecule has 0 unspecified atom stereocenters. The summed E-state index contributed by atoms with van der Waals surface area (Å²) in [5, 5.41) is 19.2. The number of carbonyl (C=O) groups is 10. The lowest BCUT2D eigenvalue weighted by Crippen LogP contribution is -2.60. The zero-order valence-electron chi connectivity index (χ0n) is 45.4. The molecule has 0 radical (unpaired) electrons. The fourth-order valence-electron chi connectivity index (χ4n) is 8.28. The Morgan fingerprint density at radius 1 is 0.692 bits per heavy atom. The molecule has 25 heteroatoms. The second kappa shape index (κ2) is 29.6. The Bertz CT molecular complexity index is 2710. The first-order chi connectivity index (χ1) is 36.8. The summed E-state index contributed by atoms with van der Waals surface area (Å²) in [6.07, 6.45) is 5.91. The number of aromatic amines is 2. The van der Waals surface area contributed by atoms with E-state index in [9.17, 15) is 47.9 Å². The second-order valence-electron chi connectivity index (χ2n) is 20.6. The van der Waals surface area contributed by atoms with Crippen LogP contribution in [0, 0.1) is 11.3 Å². The maximum atomic E-state index is 14.3. The van der Waals surface area contributed by atoms with Gasteiger partial charge in [-0.25, -0.2) is 4.98 Å². The van der Waals surface area contributed by atoms with Crippen LogP contribution in [0.2, 0.25) is 0 Å². The number of amides is 10. The maximum Gasteiger partial charge on any atom is 0.246 e. The van der Waals surface area contributed by atoms with Crippen LogP contribution < -0.4 is 54.4 Å². The Kier molecular flexibility index (Phi) is 23.8. The van der Waals surface area contributed by atoms with Gasteiger partial charge in [0.1, 0.15) is 42.3 Å². The van der Waals surface area contributed by atoms with E-state index in [1.807, 2.05) is 38.1 Å². The van der Waals surface area contributed by atoms with Gasteiger partial charge in [-0.15, -0.1) is 11.8 Å². The smallest absolute Gasteiger partial charge is 0.246 e. The first-order valence-corrected chi connectivity index (χ1v) is 27.0. The first kappa shape index (κ1) is 62.7. The second-order valence-corrected chi connectivity index (χ2v) is 21.5. The Morgan fingerprint density at radius 2 is 1.31 bits per heavy atom. The highest BCUT2D eigenvalue weighted by atomic mass is 32.2. The van der Waals surface area contributed by atoms with E-state index in [0.717, 1.165) is 16.5 Å². The number of thioether (sulfide) groups is 1. The number of para-hydroxylation sites is 1. The van der Waals surface area contributed by atoms with Crippen LogP contribution in [0.4, 0.5) is 0 Å². The Morgan fingerprint density at radius 3 is 1.92 bits per heavy atom. The molecule has 4 aromatic rings.